The Bertz CT molecular complexity index is 530. The smallest absolute Gasteiger partial charge is 0.262 e. The van der Waals surface area contributed by atoms with E-state index in [9.17, 15) is 4.79 Å². The monoisotopic (exact) mass is 305 g/mol. The van der Waals surface area contributed by atoms with Crippen LogP contribution in [0.5, 0.6) is 0 Å². The Balaban J connectivity index is 2.01. The molecular formula is C17H23NO2S. The van der Waals surface area contributed by atoms with E-state index in [1.165, 1.54) is 17.8 Å². The third-order valence-corrected chi connectivity index (χ3v) is 4.76. The van der Waals surface area contributed by atoms with Gasteiger partial charge in [-0.3, -0.25) is 4.79 Å². The van der Waals surface area contributed by atoms with Crippen LogP contribution >= 0.6 is 11.3 Å². The average Bonchev–Trinajstić information content (AvgIpc) is 2.86. The van der Waals surface area contributed by atoms with Crippen LogP contribution in [0.4, 0.5) is 0 Å². The summed E-state index contributed by atoms with van der Waals surface area (Å²) in [5, 5.41) is 13.8. The number of hydrogen-bond donors (Lipinski definition) is 2. The molecule has 2 unspecified atom stereocenters. The minimum atomic E-state index is -0.00963. The average molecular weight is 305 g/mol. The van der Waals surface area contributed by atoms with Gasteiger partial charge in [-0.05, 0) is 42.5 Å². The normalized spacial score (nSPS) is 25.0. The SMILES string of the molecule is CC1CC(C)CC(NC(=O)c2sccc2C#CCCO)C1. The molecule has 0 radical (unpaired) electrons. The molecule has 1 saturated carbocycles. The molecule has 114 valence electrons. The van der Waals surface area contributed by atoms with Crippen LogP contribution in [0.2, 0.25) is 0 Å². The molecule has 0 aliphatic heterocycles. The summed E-state index contributed by atoms with van der Waals surface area (Å²) < 4.78 is 0. The minimum absolute atomic E-state index is 0.00963. The van der Waals surface area contributed by atoms with Crippen molar-refractivity contribution in [3.63, 3.8) is 0 Å². The fraction of sp³-hybridized carbons (Fsp3) is 0.588. The molecule has 1 aliphatic rings. The quantitative estimate of drug-likeness (QED) is 0.843. The lowest BCUT2D eigenvalue weighted by Crippen LogP contribution is -2.39. The molecule has 0 spiro atoms. The number of aliphatic hydroxyl groups is 1. The standard InChI is InChI=1S/C17H23NO2S/c1-12-9-13(2)11-15(10-12)18-17(20)16-14(6-8-21-16)5-3-4-7-19/h6,8,12-13,15,19H,4,7,9-11H2,1-2H3,(H,18,20). The van der Waals surface area contributed by atoms with Crippen molar-refractivity contribution in [3.8, 4) is 11.8 Å². The zero-order valence-electron chi connectivity index (χ0n) is 12.7. The summed E-state index contributed by atoms with van der Waals surface area (Å²) in [6, 6.07) is 2.15. The lowest BCUT2D eigenvalue weighted by molar-refractivity contribution is 0.0915. The molecule has 4 heteroatoms. The fourth-order valence-corrected chi connectivity index (χ4v) is 3.87. The molecule has 21 heavy (non-hydrogen) atoms. The van der Waals surface area contributed by atoms with E-state index in [4.69, 9.17) is 5.11 Å². The summed E-state index contributed by atoms with van der Waals surface area (Å²) in [5.41, 5.74) is 0.767. The van der Waals surface area contributed by atoms with Gasteiger partial charge in [0.25, 0.3) is 5.91 Å². The number of nitrogens with one attached hydrogen (secondary N) is 1. The van der Waals surface area contributed by atoms with Crippen molar-refractivity contribution in [2.75, 3.05) is 6.61 Å². The van der Waals surface area contributed by atoms with Crippen molar-refractivity contribution >= 4 is 17.2 Å². The van der Waals surface area contributed by atoms with Crippen LogP contribution in [0.1, 0.15) is 54.8 Å². The van der Waals surface area contributed by atoms with Crippen LogP contribution in [0.15, 0.2) is 11.4 Å². The van der Waals surface area contributed by atoms with Crippen LogP contribution in [-0.2, 0) is 0 Å². The van der Waals surface area contributed by atoms with Crippen molar-refractivity contribution < 1.29 is 9.90 Å². The fourth-order valence-electron chi connectivity index (χ4n) is 3.11. The van der Waals surface area contributed by atoms with Gasteiger partial charge in [-0.15, -0.1) is 11.3 Å². The topological polar surface area (TPSA) is 49.3 Å². The van der Waals surface area contributed by atoms with Gasteiger partial charge in [0.15, 0.2) is 0 Å². The lowest BCUT2D eigenvalue weighted by atomic mass is 9.80. The highest BCUT2D eigenvalue weighted by Crippen LogP contribution is 2.29. The van der Waals surface area contributed by atoms with Gasteiger partial charge in [0, 0.05) is 18.0 Å². The molecule has 0 bridgehead atoms. The maximum atomic E-state index is 12.4. The van der Waals surface area contributed by atoms with E-state index in [1.54, 1.807) is 0 Å². The largest absolute Gasteiger partial charge is 0.395 e. The zero-order chi connectivity index (χ0) is 15.2. The van der Waals surface area contributed by atoms with Gasteiger partial charge in [0.1, 0.15) is 4.88 Å². The molecule has 3 nitrogen and oxygen atoms in total. The first kappa shape index (κ1) is 16.1. The van der Waals surface area contributed by atoms with Gasteiger partial charge in [-0.2, -0.15) is 0 Å². The number of carbonyl (C=O) groups excluding carboxylic acids is 1. The van der Waals surface area contributed by atoms with Crippen molar-refractivity contribution in [3.05, 3.63) is 21.9 Å². The third kappa shape index (κ3) is 4.59. The number of rotatable bonds is 3. The predicted molar refractivity (Wildman–Crippen MR) is 86.3 cm³/mol. The zero-order valence-corrected chi connectivity index (χ0v) is 13.5. The first-order chi connectivity index (χ1) is 10.1. The lowest BCUT2D eigenvalue weighted by Gasteiger charge is -2.31. The van der Waals surface area contributed by atoms with Gasteiger partial charge in [0.2, 0.25) is 0 Å². The third-order valence-electron chi connectivity index (χ3n) is 3.85. The molecule has 1 amide bonds. The molecule has 2 atom stereocenters. The Hall–Kier alpha value is -1.31. The summed E-state index contributed by atoms with van der Waals surface area (Å²) in [6.07, 6.45) is 3.82. The van der Waals surface area contributed by atoms with Crippen LogP contribution in [0.25, 0.3) is 0 Å². The van der Waals surface area contributed by atoms with Gasteiger partial charge < -0.3 is 10.4 Å². The Morgan fingerprint density at radius 3 is 2.76 bits per heavy atom. The molecule has 1 fully saturated rings. The first-order valence-corrected chi connectivity index (χ1v) is 8.46. The Labute approximate surface area is 130 Å². The molecule has 2 N–H and O–H groups in total. The number of hydrogen-bond acceptors (Lipinski definition) is 3. The van der Waals surface area contributed by atoms with Gasteiger partial charge in [0.05, 0.1) is 6.61 Å². The molecule has 1 aliphatic carbocycles. The molecule has 1 aromatic heterocycles. The van der Waals surface area contributed by atoms with Crippen molar-refractivity contribution in [2.45, 2.75) is 45.6 Å². The Kier molecular flexibility index (Phi) is 5.84. The Morgan fingerprint density at radius 1 is 1.38 bits per heavy atom. The maximum absolute atomic E-state index is 12.4. The van der Waals surface area contributed by atoms with E-state index < -0.39 is 0 Å². The van der Waals surface area contributed by atoms with Gasteiger partial charge in [-0.1, -0.05) is 25.7 Å². The van der Waals surface area contributed by atoms with Gasteiger partial charge >= 0.3 is 0 Å². The van der Waals surface area contributed by atoms with Crippen LogP contribution in [0.3, 0.4) is 0 Å². The van der Waals surface area contributed by atoms with E-state index in [0.717, 1.165) is 18.4 Å². The summed E-state index contributed by atoms with van der Waals surface area (Å²) in [5.74, 6) is 7.18. The summed E-state index contributed by atoms with van der Waals surface area (Å²) in [7, 11) is 0. The molecule has 1 aromatic rings. The molecule has 1 heterocycles. The van der Waals surface area contributed by atoms with Gasteiger partial charge in [-0.25, -0.2) is 0 Å². The van der Waals surface area contributed by atoms with Crippen molar-refractivity contribution in [1.82, 2.24) is 5.32 Å². The number of aliphatic hydroxyl groups excluding tert-OH is 1. The van der Waals surface area contributed by atoms with E-state index in [1.807, 2.05) is 11.4 Å². The second-order valence-corrected chi connectivity index (χ2v) is 6.94. The minimum Gasteiger partial charge on any atom is -0.395 e. The number of thiophene rings is 1. The predicted octanol–water partition coefficient (Wildman–Crippen LogP) is 3.04. The summed E-state index contributed by atoms with van der Waals surface area (Å²) in [6.45, 7) is 4.56. The molecule has 0 aromatic carbocycles. The van der Waals surface area contributed by atoms with Crippen molar-refractivity contribution in [1.29, 1.82) is 0 Å². The van der Waals surface area contributed by atoms with E-state index in [-0.39, 0.29) is 18.6 Å². The van der Waals surface area contributed by atoms with E-state index >= 15 is 0 Å². The first-order valence-electron chi connectivity index (χ1n) is 7.58. The highest BCUT2D eigenvalue weighted by Gasteiger charge is 2.26. The highest BCUT2D eigenvalue weighted by molar-refractivity contribution is 7.12. The van der Waals surface area contributed by atoms with Crippen molar-refractivity contribution in [2.24, 2.45) is 11.8 Å². The molecular weight excluding hydrogens is 282 g/mol. The highest BCUT2D eigenvalue weighted by atomic mass is 32.1. The Morgan fingerprint density at radius 2 is 2.10 bits per heavy atom. The number of amides is 1. The van der Waals surface area contributed by atoms with E-state index in [2.05, 4.69) is 31.0 Å². The summed E-state index contributed by atoms with van der Waals surface area (Å²) >= 11 is 1.43. The van der Waals surface area contributed by atoms with E-state index in [0.29, 0.717) is 23.1 Å². The van der Waals surface area contributed by atoms with Crippen LogP contribution < -0.4 is 5.32 Å². The number of carbonyl (C=O) groups is 1. The molecule has 2 rings (SSSR count). The molecule has 0 saturated heterocycles. The van der Waals surface area contributed by atoms with Crippen LogP contribution in [0, 0.1) is 23.7 Å². The second kappa shape index (κ2) is 7.63. The summed E-state index contributed by atoms with van der Waals surface area (Å²) in [4.78, 5) is 13.1. The maximum Gasteiger partial charge on any atom is 0.262 e. The second-order valence-electron chi connectivity index (χ2n) is 6.03. The van der Waals surface area contributed by atoms with Crippen LogP contribution in [-0.4, -0.2) is 23.7 Å².